The third-order valence-corrected chi connectivity index (χ3v) is 2.44. The Balaban J connectivity index is 2.84. The normalized spacial score (nSPS) is 26.5. The van der Waals surface area contributed by atoms with Crippen molar-refractivity contribution in [1.29, 1.82) is 0 Å². The van der Waals surface area contributed by atoms with E-state index in [1.54, 1.807) is 19.1 Å². The third kappa shape index (κ3) is 2.06. The molecule has 2 unspecified atom stereocenters. The van der Waals surface area contributed by atoms with Crippen LogP contribution in [0.4, 0.5) is 4.79 Å². The number of amides is 2. The van der Waals surface area contributed by atoms with Crippen LogP contribution in [-0.2, 0) is 14.2 Å². The highest BCUT2D eigenvalue weighted by molar-refractivity contribution is 5.77. The highest BCUT2D eigenvalue weighted by atomic mass is 16.6. The van der Waals surface area contributed by atoms with Crippen molar-refractivity contribution >= 4 is 6.03 Å². The van der Waals surface area contributed by atoms with Gasteiger partial charge in [0.15, 0.2) is 12.5 Å². The number of likely N-dealkylation sites (N-methyl/N-ethyl adjacent to an activating group) is 1. The van der Waals surface area contributed by atoms with E-state index in [-0.39, 0.29) is 19.0 Å². The Labute approximate surface area is 89.7 Å². The minimum atomic E-state index is -0.414. The van der Waals surface area contributed by atoms with E-state index in [0.717, 1.165) is 0 Å². The van der Waals surface area contributed by atoms with Crippen LogP contribution in [0.2, 0.25) is 0 Å². The molecule has 0 spiro atoms. The smallest absolute Gasteiger partial charge is 0.326 e. The van der Waals surface area contributed by atoms with Crippen molar-refractivity contribution in [3.8, 4) is 0 Å². The lowest BCUT2D eigenvalue weighted by atomic mass is 10.4. The molecule has 1 heterocycles. The first-order valence-electron chi connectivity index (χ1n) is 4.83. The van der Waals surface area contributed by atoms with E-state index in [4.69, 9.17) is 14.2 Å². The molecule has 1 fully saturated rings. The molecule has 1 aliphatic rings. The summed E-state index contributed by atoms with van der Waals surface area (Å²) in [6.45, 7) is 2.68. The molecule has 1 aliphatic heterocycles. The monoisotopic (exact) mass is 218 g/mol. The molecule has 15 heavy (non-hydrogen) atoms. The number of carbonyl (C=O) groups excluding carboxylic acids is 1. The summed E-state index contributed by atoms with van der Waals surface area (Å²) in [6.07, 6.45) is -0.787. The van der Waals surface area contributed by atoms with Crippen molar-refractivity contribution in [3.05, 3.63) is 0 Å². The maximum Gasteiger partial charge on any atom is 0.326 e. The fourth-order valence-corrected chi connectivity index (χ4v) is 1.76. The quantitative estimate of drug-likeness (QED) is 0.665. The molecule has 0 radical (unpaired) electrons. The lowest BCUT2D eigenvalue weighted by Crippen LogP contribution is -2.40. The molecule has 1 rings (SSSR count). The molecule has 88 valence electrons. The maximum atomic E-state index is 11.9. The highest BCUT2D eigenvalue weighted by Gasteiger charge is 2.45. The molecular formula is C9H18N2O4. The Morgan fingerprint density at radius 3 is 2.07 bits per heavy atom. The first-order chi connectivity index (χ1) is 7.21. The van der Waals surface area contributed by atoms with Gasteiger partial charge in [0.05, 0.1) is 0 Å². The number of carbonyl (C=O) groups is 1. The van der Waals surface area contributed by atoms with Crippen molar-refractivity contribution in [2.24, 2.45) is 0 Å². The van der Waals surface area contributed by atoms with E-state index in [0.29, 0.717) is 6.54 Å². The van der Waals surface area contributed by atoms with Crippen molar-refractivity contribution in [3.63, 3.8) is 0 Å². The lowest BCUT2D eigenvalue weighted by molar-refractivity contribution is -0.121. The van der Waals surface area contributed by atoms with Crippen LogP contribution in [0.5, 0.6) is 0 Å². The molecule has 6 nitrogen and oxygen atoms in total. The summed E-state index contributed by atoms with van der Waals surface area (Å²) in [4.78, 5) is 15.0. The first-order valence-corrected chi connectivity index (χ1v) is 4.83. The third-order valence-electron chi connectivity index (χ3n) is 2.44. The van der Waals surface area contributed by atoms with Gasteiger partial charge in [-0.1, -0.05) is 0 Å². The van der Waals surface area contributed by atoms with Gasteiger partial charge >= 0.3 is 6.03 Å². The molecular weight excluding hydrogens is 200 g/mol. The van der Waals surface area contributed by atoms with Gasteiger partial charge in [-0.15, -0.1) is 0 Å². The Kier molecular flexibility index (Phi) is 4.31. The van der Waals surface area contributed by atoms with Crippen LogP contribution in [0, 0.1) is 0 Å². The molecule has 0 aromatic rings. The minimum absolute atomic E-state index is 0.127. The van der Waals surface area contributed by atoms with E-state index in [1.807, 2.05) is 6.92 Å². The number of rotatable bonds is 5. The molecule has 0 aromatic heterocycles. The van der Waals surface area contributed by atoms with Gasteiger partial charge < -0.3 is 14.2 Å². The Bertz CT molecular complexity index is 224. The second-order valence-corrected chi connectivity index (χ2v) is 3.21. The van der Waals surface area contributed by atoms with Gasteiger partial charge in [-0.3, -0.25) is 9.80 Å². The fourth-order valence-electron chi connectivity index (χ4n) is 1.76. The second kappa shape index (κ2) is 5.29. The molecule has 0 saturated carbocycles. The lowest BCUT2D eigenvalue weighted by Gasteiger charge is -2.24. The van der Waals surface area contributed by atoms with Crippen LogP contribution >= 0.6 is 0 Å². The summed E-state index contributed by atoms with van der Waals surface area (Å²) in [5, 5.41) is 0. The van der Waals surface area contributed by atoms with Gasteiger partial charge in [0, 0.05) is 27.9 Å². The van der Waals surface area contributed by atoms with Crippen molar-refractivity contribution in [2.45, 2.75) is 19.4 Å². The molecule has 1 saturated heterocycles. The van der Waals surface area contributed by atoms with E-state index in [9.17, 15) is 4.79 Å². The Hall–Kier alpha value is -0.850. The van der Waals surface area contributed by atoms with E-state index in [2.05, 4.69) is 0 Å². The molecule has 0 aliphatic carbocycles. The number of urea groups is 1. The number of hydrogen-bond donors (Lipinski definition) is 0. The summed E-state index contributed by atoms with van der Waals surface area (Å²) in [5.74, 6) is 0. The van der Waals surface area contributed by atoms with Crippen LogP contribution in [0.25, 0.3) is 0 Å². The number of methoxy groups -OCH3 is 3. The Morgan fingerprint density at radius 1 is 1.13 bits per heavy atom. The number of hydrogen-bond acceptors (Lipinski definition) is 4. The maximum absolute atomic E-state index is 11.9. The van der Waals surface area contributed by atoms with Gasteiger partial charge in [0.1, 0.15) is 6.73 Å². The van der Waals surface area contributed by atoms with Crippen molar-refractivity contribution < 1.29 is 19.0 Å². The average molecular weight is 218 g/mol. The summed E-state index contributed by atoms with van der Waals surface area (Å²) < 4.78 is 15.4. The zero-order valence-electron chi connectivity index (χ0n) is 9.60. The van der Waals surface area contributed by atoms with E-state index >= 15 is 0 Å². The van der Waals surface area contributed by atoms with Crippen LogP contribution < -0.4 is 0 Å². The molecule has 2 atom stereocenters. The van der Waals surface area contributed by atoms with Gasteiger partial charge in [-0.2, -0.15) is 0 Å². The fraction of sp³-hybridized carbons (Fsp3) is 0.889. The van der Waals surface area contributed by atoms with Gasteiger partial charge in [-0.25, -0.2) is 4.79 Å². The second-order valence-electron chi connectivity index (χ2n) is 3.21. The van der Waals surface area contributed by atoms with Gasteiger partial charge in [0.25, 0.3) is 0 Å². The standard InChI is InChI=1S/C9H18N2O4/c1-5-10-7(14-3)8(15-4)11(6-13-2)9(10)12/h7-8H,5-6H2,1-4H3. The number of ether oxygens (including phenoxy) is 3. The topological polar surface area (TPSA) is 51.2 Å². The summed E-state index contributed by atoms with van der Waals surface area (Å²) in [5.41, 5.74) is 0. The van der Waals surface area contributed by atoms with Gasteiger partial charge in [0.2, 0.25) is 0 Å². The number of nitrogens with zero attached hydrogens (tertiary/aromatic N) is 2. The Morgan fingerprint density at radius 2 is 1.67 bits per heavy atom. The van der Waals surface area contributed by atoms with Crippen LogP contribution in [0.3, 0.4) is 0 Å². The van der Waals surface area contributed by atoms with Crippen molar-refractivity contribution in [2.75, 3.05) is 34.6 Å². The molecule has 0 bridgehead atoms. The molecule has 0 N–H and O–H groups in total. The molecule has 0 aromatic carbocycles. The van der Waals surface area contributed by atoms with E-state index in [1.165, 1.54) is 12.0 Å². The zero-order chi connectivity index (χ0) is 11.4. The van der Waals surface area contributed by atoms with Crippen LogP contribution in [-0.4, -0.2) is 62.9 Å². The van der Waals surface area contributed by atoms with E-state index < -0.39 is 6.23 Å². The minimum Gasteiger partial charge on any atom is -0.364 e. The summed E-state index contributed by atoms with van der Waals surface area (Å²) in [7, 11) is 4.64. The largest absolute Gasteiger partial charge is 0.364 e. The molecule has 6 heteroatoms. The molecule has 2 amide bonds. The van der Waals surface area contributed by atoms with Crippen LogP contribution in [0.15, 0.2) is 0 Å². The van der Waals surface area contributed by atoms with Crippen LogP contribution in [0.1, 0.15) is 6.92 Å². The van der Waals surface area contributed by atoms with Crippen molar-refractivity contribution in [1.82, 2.24) is 9.80 Å². The predicted molar refractivity (Wildman–Crippen MR) is 53.1 cm³/mol. The highest BCUT2D eigenvalue weighted by Crippen LogP contribution is 2.23. The SMILES string of the molecule is CCN1C(=O)N(COC)C(OC)C1OC. The zero-order valence-corrected chi connectivity index (χ0v) is 9.60. The predicted octanol–water partition coefficient (Wildman–Crippen LogP) is 0.293. The average Bonchev–Trinajstić information content (AvgIpc) is 2.51. The summed E-state index contributed by atoms with van der Waals surface area (Å²) in [6, 6.07) is -0.127. The first kappa shape index (κ1) is 12.2. The van der Waals surface area contributed by atoms with Gasteiger partial charge in [-0.05, 0) is 6.92 Å². The summed E-state index contributed by atoms with van der Waals surface area (Å²) >= 11 is 0.